The minimum atomic E-state index is -0.363. The average molecular weight is 289 g/mol. The minimum absolute atomic E-state index is 0.193. The van der Waals surface area contributed by atoms with Gasteiger partial charge < -0.3 is 4.42 Å². The summed E-state index contributed by atoms with van der Waals surface area (Å²) in [7, 11) is 0. The maximum atomic E-state index is 13.3. The molecule has 0 saturated carbocycles. The standard InChI is InChI=1S/C16H10ClFO2/c1-9-12-8-10(18)6-7-14(12)20-16(9)15(19)11-4-2-3-5-13(11)17/h2-8H,1H3. The second-order valence-corrected chi connectivity index (χ2v) is 4.91. The molecule has 0 N–H and O–H groups in total. The first-order valence-corrected chi connectivity index (χ1v) is 6.43. The molecule has 0 aliphatic carbocycles. The van der Waals surface area contributed by atoms with Crippen LogP contribution in [0.2, 0.25) is 5.02 Å². The van der Waals surface area contributed by atoms with Crippen molar-refractivity contribution in [2.24, 2.45) is 0 Å². The molecule has 0 amide bonds. The van der Waals surface area contributed by atoms with Crippen LogP contribution in [-0.2, 0) is 0 Å². The number of benzene rings is 2. The fourth-order valence-corrected chi connectivity index (χ4v) is 2.40. The van der Waals surface area contributed by atoms with Gasteiger partial charge in [0.05, 0.1) is 5.02 Å². The molecular weight excluding hydrogens is 279 g/mol. The molecule has 0 fully saturated rings. The van der Waals surface area contributed by atoms with E-state index in [-0.39, 0.29) is 17.4 Å². The lowest BCUT2D eigenvalue weighted by molar-refractivity contribution is 0.101. The Morgan fingerprint density at radius 1 is 1.20 bits per heavy atom. The van der Waals surface area contributed by atoms with Gasteiger partial charge in [0.25, 0.3) is 0 Å². The maximum absolute atomic E-state index is 13.3. The van der Waals surface area contributed by atoms with Crippen molar-refractivity contribution >= 4 is 28.4 Å². The second-order valence-electron chi connectivity index (χ2n) is 4.51. The van der Waals surface area contributed by atoms with Crippen molar-refractivity contribution in [2.45, 2.75) is 6.92 Å². The third kappa shape index (κ3) is 2.00. The molecule has 0 bridgehead atoms. The number of furan rings is 1. The molecule has 3 rings (SSSR count). The molecule has 20 heavy (non-hydrogen) atoms. The molecule has 1 aromatic heterocycles. The van der Waals surface area contributed by atoms with E-state index >= 15 is 0 Å². The summed E-state index contributed by atoms with van der Waals surface area (Å²) in [6.07, 6.45) is 0. The van der Waals surface area contributed by atoms with E-state index in [0.717, 1.165) is 0 Å². The fourth-order valence-electron chi connectivity index (χ4n) is 2.18. The molecule has 0 spiro atoms. The van der Waals surface area contributed by atoms with Gasteiger partial charge >= 0.3 is 0 Å². The zero-order valence-corrected chi connectivity index (χ0v) is 11.4. The minimum Gasteiger partial charge on any atom is -0.452 e. The van der Waals surface area contributed by atoms with Crippen LogP contribution in [0.1, 0.15) is 21.7 Å². The molecule has 0 radical (unpaired) electrons. The average Bonchev–Trinajstić information content (AvgIpc) is 2.76. The molecule has 0 atom stereocenters. The Morgan fingerprint density at radius 3 is 2.70 bits per heavy atom. The Morgan fingerprint density at radius 2 is 1.95 bits per heavy atom. The normalized spacial score (nSPS) is 10.9. The second kappa shape index (κ2) is 4.76. The quantitative estimate of drug-likeness (QED) is 0.636. The van der Waals surface area contributed by atoms with Crippen molar-refractivity contribution in [3.8, 4) is 0 Å². The third-order valence-corrected chi connectivity index (χ3v) is 3.55. The van der Waals surface area contributed by atoms with Crippen molar-refractivity contribution in [3.63, 3.8) is 0 Å². The van der Waals surface area contributed by atoms with Crippen molar-refractivity contribution in [3.05, 3.63) is 70.2 Å². The van der Waals surface area contributed by atoms with Crippen LogP contribution in [0.15, 0.2) is 46.9 Å². The van der Waals surface area contributed by atoms with Crippen LogP contribution in [0.3, 0.4) is 0 Å². The lowest BCUT2D eigenvalue weighted by Crippen LogP contribution is -2.02. The van der Waals surface area contributed by atoms with Gasteiger partial charge in [-0.25, -0.2) is 4.39 Å². The monoisotopic (exact) mass is 288 g/mol. The van der Waals surface area contributed by atoms with Crippen molar-refractivity contribution in [1.29, 1.82) is 0 Å². The molecule has 1 heterocycles. The molecule has 3 aromatic rings. The first kappa shape index (κ1) is 12.9. The highest BCUT2D eigenvalue weighted by Gasteiger charge is 2.21. The molecule has 0 unspecified atom stereocenters. The fraction of sp³-hybridized carbons (Fsp3) is 0.0625. The molecule has 4 heteroatoms. The number of aryl methyl sites for hydroxylation is 1. The van der Waals surface area contributed by atoms with Crippen LogP contribution in [0.5, 0.6) is 0 Å². The van der Waals surface area contributed by atoms with Gasteiger partial charge in [-0.05, 0) is 37.3 Å². The van der Waals surface area contributed by atoms with E-state index < -0.39 is 0 Å². The molecular formula is C16H10ClFO2. The highest BCUT2D eigenvalue weighted by molar-refractivity contribution is 6.35. The van der Waals surface area contributed by atoms with E-state index in [0.29, 0.717) is 27.1 Å². The SMILES string of the molecule is Cc1c(C(=O)c2ccccc2Cl)oc2ccc(F)cc12. The smallest absolute Gasteiger partial charge is 0.229 e. The number of fused-ring (bicyclic) bond motifs is 1. The number of rotatable bonds is 2. The Hall–Kier alpha value is -2.13. The van der Waals surface area contributed by atoms with Crippen LogP contribution in [-0.4, -0.2) is 5.78 Å². The zero-order valence-electron chi connectivity index (χ0n) is 10.6. The molecule has 0 aliphatic rings. The zero-order chi connectivity index (χ0) is 14.3. The topological polar surface area (TPSA) is 30.2 Å². The molecule has 0 saturated heterocycles. The number of halogens is 2. The van der Waals surface area contributed by atoms with E-state index in [2.05, 4.69) is 0 Å². The van der Waals surface area contributed by atoms with Crippen LogP contribution in [0.4, 0.5) is 4.39 Å². The summed E-state index contributed by atoms with van der Waals surface area (Å²) in [6, 6.07) is 10.9. The number of hydrogen-bond donors (Lipinski definition) is 0. The summed E-state index contributed by atoms with van der Waals surface area (Å²) < 4.78 is 18.8. The molecule has 2 aromatic carbocycles. The van der Waals surface area contributed by atoms with E-state index in [1.165, 1.54) is 18.2 Å². The summed E-state index contributed by atoms with van der Waals surface area (Å²) in [4.78, 5) is 12.5. The largest absolute Gasteiger partial charge is 0.452 e. The maximum Gasteiger partial charge on any atom is 0.229 e. The van der Waals surface area contributed by atoms with E-state index in [9.17, 15) is 9.18 Å². The summed E-state index contributed by atoms with van der Waals surface area (Å²) in [5, 5.41) is 0.962. The predicted molar refractivity (Wildman–Crippen MR) is 75.8 cm³/mol. The van der Waals surface area contributed by atoms with Gasteiger partial charge in [0.15, 0.2) is 5.76 Å². The molecule has 0 aliphatic heterocycles. The van der Waals surface area contributed by atoms with Crippen molar-refractivity contribution < 1.29 is 13.6 Å². The molecule has 100 valence electrons. The number of ketones is 1. The summed E-state index contributed by atoms with van der Waals surface area (Å²) in [5.41, 5.74) is 1.47. The summed E-state index contributed by atoms with van der Waals surface area (Å²) in [6.45, 7) is 1.73. The highest BCUT2D eigenvalue weighted by atomic mass is 35.5. The van der Waals surface area contributed by atoms with Gasteiger partial charge in [0.1, 0.15) is 11.4 Å². The van der Waals surface area contributed by atoms with E-state index in [1.54, 1.807) is 31.2 Å². The van der Waals surface area contributed by atoms with Crippen LogP contribution in [0, 0.1) is 12.7 Å². The summed E-state index contributed by atoms with van der Waals surface area (Å²) in [5.74, 6) is -0.471. The number of carbonyl (C=O) groups excluding carboxylic acids is 1. The van der Waals surface area contributed by atoms with Gasteiger partial charge in [0, 0.05) is 16.5 Å². The summed E-state index contributed by atoms with van der Waals surface area (Å²) >= 11 is 6.02. The first-order valence-electron chi connectivity index (χ1n) is 6.06. The Balaban J connectivity index is 2.18. The van der Waals surface area contributed by atoms with Gasteiger partial charge in [0.2, 0.25) is 5.78 Å². The van der Waals surface area contributed by atoms with Gasteiger partial charge in [-0.2, -0.15) is 0 Å². The van der Waals surface area contributed by atoms with Crippen molar-refractivity contribution in [2.75, 3.05) is 0 Å². The number of carbonyl (C=O) groups is 1. The van der Waals surface area contributed by atoms with Crippen LogP contribution >= 0.6 is 11.6 Å². The third-order valence-electron chi connectivity index (χ3n) is 3.22. The number of hydrogen-bond acceptors (Lipinski definition) is 2. The van der Waals surface area contributed by atoms with Gasteiger partial charge in [-0.3, -0.25) is 4.79 Å². The first-order chi connectivity index (χ1) is 9.58. The van der Waals surface area contributed by atoms with E-state index in [1.807, 2.05) is 0 Å². The Labute approximate surface area is 119 Å². The lowest BCUT2D eigenvalue weighted by Gasteiger charge is -2.01. The Bertz CT molecular complexity index is 820. The van der Waals surface area contributed by atoms with Crippen LogP contribution < -0.4 is 0 Å². The van der Waals surface area contributed by atoms with Gasteiger partial charge in [-0.1, -0.05) is 23.7 Å². The van der Waals surface area contributed by atoms with E-state index in [4.69, 9.17) is 16.0 Å². The lowest BCUT2D eigenvalue weighted by atomic mass is 10.0. The molecule has 2 nitrogen and oxygen atoms in total. The predicted octanol–water partition coefficient (Wildman–Crippen LogP) is 4.76. The Kier molecular flexibility index (Phi) is 3.07. The van der Waals surface area contributed by atoms with Crippen LogP contribution in [0.25, 0.3) is 11.0 Å². The van der Waals surface area contributed by atoms with Gasteiger partial charge in [-0.15, -0.1) is 0 Å². The highest BCUT2D eigenvalue weighted by Crippen LogP contribution is 2.29. The van der Waals surface area contributed by atoms with Crippen molar-refractivity contribution in [1.82, 2.24) is 0 Å².